The number of para-hydroxylation sites is 1. The molecule has 4 rings (SSSR count). The van der Waals surface area contributed by atoms with Crippen molar-refractivity contribution in [3.8, 4) is 0 Å². The number of halogens is 1. The van der Waals surface area contributed by atoms with Crippen molar-refractivity contribution < 1.29 is 0 Å². The SMILES string of the molecule is C[C@]12CN(Cc3ccccc3Br)C[C@](C)(CN(C(=S)Nc3ccccc3)C1)C2. The van der Waals surface area contributed by atoms with E-state index in [0.717, 1.165) is 43.5 Å². The van der Waals surface area contributed by atoms with Gasteiger partial charge in [0, 0.05) is 42.9 Å². The minimum absolute atomic E-state index is 0.245. The summed E-state index contributed by atoms with van der Waals surface area (Å²) in [6, 6.07) is 18.8. The zero-order valence-corrected chi connectivity index (χ0v) is 19.0. The summed E-state index contributed by atoms with van der Waals surface area (Å²) in [5.74, 6) is 0. The molecule has 28 heavy (non-hydrogen) atoms. The molecule has 1 N–H and O–H groups in total. The van der Waals surface area contributed by atoms with Gasteiger partial charge in [0.2, 0.25) is 0 Å². The highest BCUT2D eigenvalue weighted by molar-refractivity contribution is 9.10. The molecule has 2 heterocycles. The van der Waals surface area contributed by atoms with Gasteiger partial charge in [0.05, 0.1) is 0 Å². The van der Waals surface area contributed by atoms with Gasteiger partial charge in [-0.1, -0.05) is 66.2 Å². The van der Waals surface area contributed by atoms with Gasteiger partial charge >= 0.3 is 0 Å². The highest BCUT2D eigenvalue weighted by atomic mass is 79.9. The predicted molar refractivity (Wildman–Crippen MR) is 124 cm³/mol. The molecule has 2 aliphatic heterocycles. The molecule has 0 radical (unpaired) electrons. The Morgan fingerprint density at radius 2 is 1.57 bits per heavy atom. The van der Waals surface area contributed by atoms with Gasteiger partial charge in [-0.2, -0.15) is 0 Å². The van der Waals surface area contributed by atoms with Crippen LogP contribution in [-0.4, -0.2) is 41.1 Å². The van der Waals surface area contributed by atoms with Crippen molar-refractivity contribution in [1.82, 2.24) is 9.80 Å². The zero-order chi connectivity index (χ0) is 19.8. The first-order valence-electron chi connectivity index (χ1n) is 9.91. The number of hydrogen-bond acceptors (Lipinski definition) is 2. The third kappa shape index (κ3) is 4.42. The molecule has 2 aromatic rings. The lowest BCUT2D eigenvalue weighted by atomic mass is 9.65. The maximum absolute atomic E-state index is 5.78. The number of rotatable bonds is 3. The smallest absolute Gasteiger partial charge is 0.173 e. The van der Waals surface area contributed by atoms with E-state index in [4.69, 9.17) is 12.2 Å². The van der Waals surface area contributed by atoms with Crippen LogP contribution in [0, 0.1) is 10.8 Å². The quantitative estimate of drug-likeness (QED) is 0.623. The molecule has 0 amide bonds. The Labute approximate surface area is 182 Å². The second-order valence-corrected chi connectivity index (χ2v) is 10.4. The van der Waals surface area contributed by atoms with Crippen molar-refractivity contribution in [1.29, 1.82) is 0 Å². The van der Waals surface area contributed by atoms with Gasteiger partial charge in [0.25, 0.3) is 0 Å². The van der Waals surface area contributed by atoms with E-state index in [2.05, 4.69) is 81.3 Å². The van der Waals surface area contributed by atoms with E-state index in [-0.39, 0.29) is 10.8 Å². The van der Waals surface area contributed by atoms with Gasteiger partial charge in [-0.15, -0.1) is 0 Å². The van der Waals surface area contributed by atoms with E-state index in [1.807, 2.05) is 18.2 Å². The first kappa shape index (κ1) is 19.9. The van der Waals surface area contributed by atoms with Gasteiger partial charge in [-0.05, 0) is 53.2 Å². The third-order valence-corrected chi connectivity index (χ3v) is 7.01. The number of hydrogen-bond donors (Lipinski definition) is 1. The van der Waals surface area contributed by atoms with E-state index in [0.29, 0.717) is 0 Å². The van der Waals surface area contributed by atoms with E-state index in [9.17, 15) is 0 Å². The average Bonchev–Trinajstić information content (AvgIpc) is 2.62. The van der Waals surface area contributed by atoms with Crippen LogP contribution in [0.4, 0.5) is 5.69 Å². The van der Waals surface area contributed by atoms with Crippen LogP contribution >= 0.6 is 28.1 Å². The lowest BCUT2D eigenvalue weighted by Crippen LogP contribution is -2.63. The summed E-state index contributed by atoms with van der Waals surface area (Å²) in [6.07, 6.45) is 1.26. The molecule has 0 spiro atoms. The number of thiocarbonyl (C=S) groups is 1. The number of benzene rings is 2. The van der Waals surface area contributed by atoms with Gasteiger partial charge in [-0.25, -0.2) is 0 Å². The number of nitrogens with one attached hydrogen (secondary N) is 1. The minimum Gasteiger partial charge on any atom is -0.348 e. The van der Waals surface area contributed by atoms with E-state index in [1.54, 1.807) is 0 Å². The van der Waals surface area contributed by atoms with Crippen molar-refractivity contribution in [3.05, 3.63) is 64.6 Å². The fourth-order valence-corrected chi connectivity index (χ4v) is 5.97. The number of piperidine rings is 2. The van der Waals surface area contributed by atoms with Crippen LogP contribution in [-0.2, 0) is 6.54 Å². The van der Waals surface area contributed by atoms with Crippen LogP contribution in [0.3, 0.4) is 0 Å². The standard InChI is InChI=1S/C23H28BrN3S/c1-22-13-23(2,15-26(14-22)12-18-8-6-7-11-20(18)24)17-27(16-22)21(28)25-19-9-4-3-5-10-19/h3-11H,12-17H2,1-2H3,(H,25,28)/t22-,23+. The molecule has 2 bridgehead atoms. The number of fused-ring (bicyclic) bond motifs is 2. The summed E-state index contributed by atoms with van der Waals surface area (Å²) < 4.78 is 1.20. The second kappa shape index (κ2) is 7.77. The predicted octanol–water partition coefficient (Wildman–Crippen LogP) is 5.38. The number of likely N-dealkylation sites (tertiary alicyclic amines) is 2. The van der Waals surface area contributed by atoms with Crippen molar-refractivity contribution >= 4 is 38.9 Å². The van der Waals surface area contributed by atoms with Crippen LogP contribution in [0.5, 0.6) is 0 Å². The molecule has 2 aromatic carbocycles. The molecule has 2 aliphatic rings. The Kier molecular flexibility index (Phi) is 5.51. The highest BCUT2D eigenvalue weighted by Gasteiger charge is 2.48. The van der Waals surface area contributed by atoms with Crippen LogP contribution in [0.15, 0.2) is 59.1 Å². The largest absolute Gasteiger partial charge is 0.348 e. The normalized spacial score (nSPS) is 27.5. The molecule has 0 unspecified atom stereocenters. The maximum Gasteiger partial charge on any atom is 0.173 e. The van der Waals surface area contributed by atoms with Crippen LogP contribution in [0.25, 0.3) is 0 Å². The molecule has 2 fully saturated rings. The molecule has 3 nitrogen and oxygen atoms in total. The van der Waals surface area contributed by atoms with Gasteiger partial charge in [-0.3, -0.25) is 4.90 Å². The first-order chi connectivity index (χ1) is 13.3. The molecule has 0 saturated carbocycles. The molecule has 0 aliphatic carbocycles. The number of anilines is 1. The Balaban J connectivity index is 1.47. The van der Waals surface area contributed by atoms with Gasteiger partial charge in [0.1, 0.15) is 0 Å². The molecule has 0 aromatic heterocycles. The van der Waals surface area contributed by atoms with Crippen molar-refractivity contribution in [2.45, 2.75) is 26.8 Å². The fraction of sp³-hybridized carbons (Fsp3) is 0.435. The highest BCUT2D eigenvalue weighted by Crippen LogP contribution is 2.46. The summed E-state index contributed by atoms with van der Waals surface area (Å²) in [5.41, 5.74) is 2.92. The molecule has 2 saturated heterocycles. The minimum atomic E-state index is 0.245. The number of nitrogens with zero attached hydrogens (tertiary/aromatic N) is 2. The Morgan fingerprint density at radius 1 is 0.964 bits per heavy atom. The van der Waals surface area contributed by atoms with Gasteiger partial charge < -0.3 is 10.2 Å². The fourth-order valence-electron chi connectivity index (χ4n) is 5.31. The summed E-state index contributed by atoms with van der Waals surface area (Å²) in [7, 11) is 0. The monoisotopic (exact) mass is 457 g/mol. The maximum atomic E-state index is 5.78. The average molecular weight is 458 g/mol. The molecular formula is C23H28BrN3S. The van der Waals surface area contributed by atoms with Crippen molar-refractivity contribution in [2.24, 2.45) is 10.8 Å². The summed E-state index contributed by atoms with van der Waals surface area (Å²) in [5, 5.41) is 4.28. The zero-order valence-electron chi connectivity index (χ0n) is 16.6. The van der Waals surface area contributed by atoms with E-state index < -0.39 is 0 Å². The lowest BCUT2D eigenvalue weighted by molar-refractivity contribution is -0.0553. The lowest BCUT2D eigenvalue weighted by Gasteiger charge is -2.57. The molecule has 5 heteroatoms. The van der Waals surface area contributed by atoms with E-state index >= 15 is 0 Å². The topological polar surface area (TPSA) is 18.5 Å². The molecular weight excluding hydrogens is 430 g/mol. The second-order valence-electron chi connectivity index (χ2n) is 9.19. The van der Waals surface area contributed by atoms with Crippen LogP contribution in [0.1, 0.15) is 25.8 Å². The van der Waals surface area contributed by atoms with Crippen molar-refractivity contribution in [2.75, 3.05) is 31.5 Å². The summed E-state index contributed by atoms with van der Waals surface area (Å²) >= 11 is 9.49. The van der Waals surface area contributed by atoms with Crippen LogP contribution in [0.2, 0.25) is 0 Å². The Bertz CT molecular complexity index is 838. The molecule has 2 atom stereocenters. The Hall–Kier alpha value is -1.43. The third-order valence-electron chi connectivity index (χ3n) is 5.87. The first-order valence-corrected chi connectivity index (χ1v) is 11.1. The van der Waals surface area contributed by atoms with E-state index in [1.165, 1.54) is 16.5 Å². The van der Waals surface area contributed by atoms with Gasteiger partial charge in [0.15, 0.2) is 5.11 Å². The summed E-state index contributed by atoms with van der Waals surface area (Å²) in [4.78, 5) is 5.02. The Morgan fingerprint density at radius 3 is 2.21 bits per heavy atom. The van der Waals surface area contributed by atoms with Crippen LogP contribution < -0.4 is 5.32 Å². The summed E-state index contributed by atoms with van der Waals surface area (Å²) in [6.45, 7) is 10.1. The molecule has 148 valence electrons. The van der Waals surface area contributed by atoms with Crippen molar-refractivity contribution in [3.63, 3.8) is 0 Å².